The molecule has 0 aliphatic heterocycles. The van der Waals surface area contributed by atoms with Crippen LogP contribution in [0.15, 0.2) is 0 Å². The highest BCUT2D eigenvalue weighted by Crippen LogP contribution is 2.67. The highest BCUT2D eigenvalue weighted by atomic mass is 16.5. The smallest absolute Gasteiger partial charge is 0.405 e. The van der Waals surface area contributed by atoms with E-state index in [1.165, 1.54) is 0 Å². The van der Waals surface area contributed by atoms with Gasteiger partial charge in [0.1, 0.15) is 0 Å². The van der Waals surface area contributed by atoms with E-state index < -0.39 is 6.09 Å². The normalized spacial score (nSPS) is 42.8. The maximum atomic E-state index is 10.4. The highest BCUT2D eigenvalue weighted by molar-refractivity contribution is 5.66. The number of nitrogens with one attached hydrogen (secondary N) is 1. The zero-order valence-corrected chi connectivity index (χ0v) is 7.09. The summed E-state index contributed by atoms with van der Waals surface area (Å²) in [6.45, 7) is 0.774. The maximum Gasteiger partial charge on any atom is 0.405 e. The largest absolute Gasteiger partial charge is 0.465 e. The van der Waals surface area contributed by atoms with Crippen LogP contribution in [0, 0.1) is 5.41 Å². The SMILES string of the molecule is COCC12CC(NC(=O)O)(C1)C2. The highest BCUT2D eigenvalue weighted by Gasteiger charge is 2.68. The lowest BCUT2D eigenvalue weighted by Gasteiger charge is -2.70. The number of methoxy groups -OCH3 is 1. The summed E-state index contributed by atoms with van der Waals surface area (Å²) in [6, 6.07) is 0. The minimum Gasteiger partial charge on any atom is -0.465 e. The van der Waals surface area contributed by atoms with Crippen LogP contribution in [0.4, 0.5) is 4.79 Å². The first kappa shape index (κ1) is 7.86. The Balaban J connectivity index is 1.83. The second-order valence-corrected chi connectivity index (χ2v) is 4.17. The Kier molecular flexibility index (Phi) is 1.39. The average Bonchev–Trinajstić information content (AvgIpc) is 1.79. The van der Waals surface area contributed by atoms with Gasteiger partial charge in [-0.1, -0.05) is 0 Å². The van der Waals surface area contributed by atoms with E-state index >= 15 is 0 Å². The molecule has 3 saturated carbocycles. The lowest BCUT2D eigenvalue weighted by Crippen LogP contribution is -2.75. The molecule has 3 aliphatic carbocycles. The Morgan fingerprint density at radius 2 is 2.17 bits per heavy atom. The Labute approximate surface area is 70.9 Å². The van der Waals surface area contributed by atoms with Gasteiger partial charge in [0.2, 0.25) is 0 Å². The molecule has 68 valence electrons. The number of rotatable bonds is 3. The molecule has 3 aliphatic rings. The molecule has 2 bridgehead atoms. The lowest BCUT2D eigenvalue weighted by molar-refractivity contribution is -0.179. The average molecular weight is 171 g/mol. The molecule has 0 aromatic heterocycles. The molecule has 0 heterocycles. The monoisotopic (exact) mass is 171 g/mol. The summed E-state index contributed by atoms with van der Waals surface area (Å²) in [6.07, 6.45) is 1.97. The molecule has 0 saturated heterocycles. The second kappa shape index (κ2) is 2.13. The number of carbonyl (C=O) groups is 1. The maximum absolute atomic E-state index is 10.4. The fourth-order valence-electron chi connectivity index (χ4n) is 2.82. The predicted molar refractivity (Wildman–Crippen MR) is 42.1 cm³/mol. The van der Waals surface area contributed by atoms with Crippen molar-refractivity contribution in [2.24, 2.45) is 5.41 Å². The molecular formula is C8H13NO3. The fraction of sp³-hybridized carbons (Fsp3) is 0.875. The first-order valence-corrected chi connectivity index (χ1v) is 4.10. The molecule has 1 amide bonds. The van der Waals surface area contributed by atoms with Crippen LogP contribution in [0.3, 0.4) is 0 Å². The molecule has 4 nitrogen and oxygen atoms in total. The Hall–Kier alpha value is -0.770. The first-order chi connectivity index (χ1) is 5.60. The summed E-state index contributed by atoms with van der Waals surface area (Å²) in [4.78, 5) is 10.4. The van der Waals surface area contributed by atoms with Crippen LogP contribution in [0.2, 0.25) is 0 Å². The molecular weight excluding hydrogens is 158 g/mol. The summed E-state index contributed by atoms with van der Waals surface area (Å²) in [7, 11) is 1.69. The number of ether oxygens (including phenoxy) is 1. The van der Waals surface area contributed by atoms with Gasteiger partial charge in [-0.15, -0.1) is 0 Å². The van der Waals surface area contributed by atoms with Gasteiger partial charge in [0, 0.05) is 18.1 Å². The zero-order chi connectivity index (χ0) is 8.82. The van der Waals surface area contributed by atoms with Crippen molar-refractivity contribution in [3.05, 3.63) is 0 Å². The van der Waals surface area contributed by atoms with Crippen molar-refractivity contribution in [3.63, 3.8) is 0 Å². The van der Waals surface area contributed by atoms with Crippen LogP contribution in [0.25, 0.3) is 0 Å². The van der Waals surface area contributed by atoms with Crippen molar-refractivity contribution >= 4 is 6.09 Å². The number of hydrogen-bond donors (Lipinski definition) is 2. The summed E-state index contributed by atoms with van der Waals surface area (Å²) < 4.78 is 5.06. The molecule has 2 N–H and O–H groups in total. The Morgan fingerprint density at radius 3 is 2.58 bits per heavy atom. The second-order valence-electron chi connectivity index (χ2n) is 4.17. The summed E-state index contributed by atoms with van der Waals surface area (Å²) in [5.41, 5.74) is 0.238. The van der Waals surface area contributed by atoms with E-state index in [1.54, 1.807) is 7.11 Å². The predicted octanol–water partition coefficient (Wildman–Crippen LogP) is 0.823. The Bertz CT molecular complexity index is 207. The van der Waals surface area contributed by atoms with Crippen LogP contribution >= 0.6 is 0 Å². The number of carboxylic acid groups (broad SMARTS) is 1. The first-order valence-electron chi connectivity index (χ1n) is 4.10. The minimum absolute atomic E-state index is 0.0790. The van der Waals surface area contributed by atoms with Crippen molar-refractivity contribution in [3.8, 4) is 0 Å². The molecule has 12 heavy (non-hydrogen) atoms. The van der Waals surface area contributed by atoms with Gasteiger partial charge in [0.15, 0.2) is 0 Å². The van der Waals surface area contributed by atoms with E-state index in [0.29, 0.717) is 5.41 Å². The zero-order valence-electron chi connectivity index (χ0n) is 7.09. The van der Waals surface area contributed by atoms with Gasteiger partial charge in [-0.2, -0.15) is 0 Å². The van der Waals surface area contributed by atoms with Gasteiger partial charge in [-0.05, 0) is 19.3 Å². The molecule has 3 rings (SSSR count). The Morgan fingerprint density at radius 1 is 1.58 bits per heavy atom. The van der Waals surface area contributed by atoms with Gasteiger partial charge in [-0.25, -0.2) is 4.79 Å². The summed E-state index contributed by atoms with van der Waals surface area (Å²) in [5, 5.41) is 11.1. The molecule has 0 aromatic carbocycles. The standard InChI is InChI=1S/C8H13NO3/c1-12-5-7-2-8(3-7,4-7)9-6(10)11/h9H,2-5H2,1H3,(H,10,11). The van der Waals surface area contributed by atoms with E-state index in [1.807, 2.05) is 0 Å². The van der Waals surface area contributed by atoms with Gasteiger partial charge < -0.3 is 15.2 Å². The van der Waals surface area contributed by atoms with Gasteiger partial charge in [0.05, 0.1) is 6.61 Å². The van der Waals surface area contributed by atoms with E-state index in [2.05, 4.69) is 5.32 Å². The molecule has 0 atom stereocenters. The third kappa shape index (κ3) is 0.909. The van der Waals surface area contributed by atoms with Crippen molar-refractivity contribution in [1.29, 1.82) is 0 Å². The molecule has 4 heteroatoms. The molecule has 0 radical (unpaired) electrons. The van der Waals surface area contributed by atoms with Crippen LogP contribution < -0.4 is 5.32 Å². The van der Waals surface area contributed by atoms with Crippen LogP contribution in [-0.4, -0.2) is 30.5 Å². The van der Waals surface area contributed by atoms with Crippen molar-refractivity contribution in [2.75, 3.05) is 13.7 Å². The number of amides is 1. The quantitative estimate of drug-likeness (QED) is 0.661. The van der Waals surface area contributed by atoms with Gasteiger partial charge in [0.25, 0.3) is 0 Å². The lowest BCUT2D eigenvalue weighted by atomic mass is 9.40. The molecule has 0 aromatic rings. The van der Waals surface area contributed by atoms with E-state index in [4.69, 9.17) is 9.84 Å². The van der Waals surface area contributed by atoms with Crippen molar-refractivity contribution < 1.29 is 14.6 Å². The summed E-state index contributed by atoms with van der Waals surface area (Å²) in [5.74, 6) is 0. The fourth-order valence-corrected chi connectivity index (χ4v) is 2.82. The van der Waals surface area contributed by atoms with Crippen LogP contribution in [0.1, 0.15) is 19.3 Å². The van der Waals surface area contributed by atoms with E-state index in [9.17, 15) is 4.79 Å². The van der Waals surface area contributed by atoms with Gasteiger partial charge in [-0.3, -0.25) is 0 Å². The number of hydrogen-bond acceptors (Lipinski definition) is 2. The summed E-state index contributed by atoms with van der Waals surface area (Å²) >= 11 is 0. The topological polar surface area (TPSA) is 58.6 Å². The van der Waals surface area contributed by atoms with Crippen LogP contribution in [-0.2, 0) is 4.74 Å². The van der Waals surface area contributed by atoms with Crippen molar-refractivity contribution in [1.82, 2.24) is 5.32 Å². The van der Waals surface area contributed by atoms with Gasteiger partial charge >= 0.3 is 6.09 Å². The molecule has 0 unspecified atom stereocenters. The van der Waals surface area contributed by atoms with E-state index in [0.717, 1.165) is 25.9 Å². The third-order valence-electron chi connectivity index (χ3n) is 2.96. The molecule has 3 fully saturated rings. The van der Waals surface area contributed by atoms with E-state index in [-0.39, 0.29) is 5.54 Å². The third-order valence-corrected chi connectivity index (χ3v) is 2.96. The molecule has 0 spiro atoms. The van der Waals surface area contributed by atoms with Crippen LogP contribution in [0.5, 0.6) is 0 Å². The minimum atomic E-state index is -0.902. The van der Waals surface area contributed by atoms with Crippen molar-refractivity contribution in [2.45, 2.75) is 24.8 Å².